The Bertz CT molecular complexity index is 1600. The standard InChI is InChI=1S/C26H26FN7O2/c1-15-13-19(21-17(20(15)27)11-12-33(21)25(35)36-26(2,3)4)30-24-31-22(28-5)18-14-29-34(23(18)32-24)16-9-7-6-8-10-16/h6-14H,1-5H3,(H2,28,30,31,32). The number of anilines is 3. The van der Waals surface area contributed by atoms with Crippen LogP contribution in [0.25, 0.3) is 27.6 Å². The van der Waals surface area contributed by atoms with Crippen LogP contribution in [0, 0.1) is 12.7 Å². The van der Waals surface area contributed by atoms with Crippen molar-refractivity contribution < 1.29 is 13.9 Å². The molecule has 0 aliphatic rings. The van der Waals surface area contributed by atoms with Gasteiger partial charge in [-0.3, -0.25) is 4.57 Å². The summed E-state index contributed by atoms with van der Waals surface area (Å²) in [5.41, 5.74) is 1.93. The average molecular weight is 488 g/mol. The van der Waals surface area contributed by atoms with Gasteiger partial charge in [-0.1, -0.05) is 18.2 Å². The largest absolute Gasteiger partial charge is 0.443 e. The van der Waals surface area contributed by atoms with Crippen molar-refractivity contribution in [2.24, 2.45) is 0 Å². The number of ether oxygens (including phenoxy) is 1. The summed E-state index contributed by atoms with van der Waals surface area (Å²) < 4.78 is 23.6. The third-order valence-electron chi connectivity index (χ3n) is 5.59. The molecule has 0 amide bonds. The number of carbonyl (C=O) groups excluding carboxylic acids is 1. The van der Waals surface area contributed by atoms with Crippen molar-refractivity contribution in [3.05, 3.63) is 66.2 Å². The van der Waals surface area contributed by atoms with Gasteiger partial charge in [0.1, 0.15) is 17.2 Å². The van der Waals surface area contributed by atoms with E-state index in [0.717, 1.165) is 11.1 Å². The van der Waals surface area contributed by atoms with E-state index < -0.39 is 17.5 Å². The van der Waals surface area contributed by atoms with Crippen LogP contribution in [-0.2, 0) is 4.74 Å². The molecule has 0 bridgehead atoms. The van der Waals surface area contributed by atoms with Crippen molar-refractivity contribution in [2.75, 3.05) is 17.7 Å². The lowest BCUT2D eigenvalue weighted by Gasteiger charge is -2.20. The minimum atomic E-state index is -0.712. The minimum Gasteiger partial charge on any atom is -0.443 e. The van der Waals surface area contributed by atoms with Gasteiger partial charge in [-0.25, -0.2) is 13.9 Å². The summed E-state index contributed by atoms with van der Waals surface area (Å²) in [6, 6.07) is 12.8. The van der Waals surface area contributed by atoms with Crippen molar-refractivity contribution in [2.45, 2.75) is 33.3 Å². The molecule has 3 heterocycles. The quantitative estimate of drug-likeness (QED) is 0.331. The number of hydrogen-bond acceptors (Lipinski definition) is 7. The molecule has 36 heavy (non-hydrogen) atoms. The molecule has 0 spiro atoms. The van der Waals surface area contributed by atoms with E-state index in [0.29, 0.717) is 28.2 Å². The van der Waals surface area contributed by atoms with Crippen LogP contribution in [0.5, 0.6) is 0 Å². The highest BCUT2D eigenvalue weighted by Gasteiger charge is 2.23. The normalized spacial score (nSPS) is 11.7. The maximum atomic E-state index is 15.0. The maximum Gasteiger partial charge on any atom is 0.419 e. The topological polar surface area (TPSA) is 98.9 Å². The van der Waals surface area contributed by atoms with Gasteiger partial charge in [-0.2, -0.15) is 15.1 Å². The fourth-order valence-electron chi connectivity index (χ4n) is 4.04. The number of fused-ring (bicyclic) bond motifs is 2. The second-order valence-corrected chi connectivity index (χ2v) is 9.38. The first-order valence-corrected chi connectivity index (χ1v) is 11.5. The number of benzene rings is 2. The summed E-state index contributed by atoms with van der Waals surface area (Å²) >= 11 is 0. The molecule has 5 aromatic rings. The number of halogens is 1. The average Bonchev–Trinajstić information content (AvgIpc) is 3.47. The van der Waals surface area contributed by atoms with Crippen LogP contribution in [0.2, 0.25) is 0 Å². The van der Waals surface area contributed by atoms with Crippen molar-refractivity contribution in [3.8, 4) is 5.69 Å². The number of nitrogens with one attached hydrogen (secondary N) is 2. The molecule has 0 radical (unpaired) electrons. The molecule has 0 saturated heterocycles. The Labute approximate surface area is 206 Å². The van der Waals surface area contributed by atoms with E-state index in [1.165, 1.54) is 10.8 Å². The highest BCUT2D eigenvalue weighted by molar-refractivity contribution is 6.00. The van der Waals surface area contributed by atoms with Gasteiger partial charge in [0.2, 0.25) is 5.95 Å². The van der Waals surface area contributed by atoms with Crippen LogP contribution in [0.4, 0.5) is 26.6 Å². The molecule has 10 heteroatoms. The van der Waals surface area contributed by atoms with Crippen LogP contribution < -0.4 is 10.6 Å². The highest BCUT2D eigenvalue weighted by Crippen LogP contribution is 2.33. The number of rotatable bonds is 4. The molecule has 184 valence electrons. The molecule has 2 aromatic carbocycles. The lowest BCUT2D eigenvalue weighted by atomic mass is 10.1. The second-order valence-electron chi connectivity index (χ2n) is 9.38. The first kappa shape index (κ1) is 23.3. The summed E-state index contributed by atoms with van der Waals surface area (Å²) in [5.74, 6) is 0.420. The van der Waals surface area contributed by atoms with Crippen molar-refractivity contribution in [1.82, 2.24) is 24.3 Å². The molecular formula is C26H26FN7O2. The van der Waals surface area contributed by atoms with E-state index in [9.17, 15) is 4.79 Å². The van der Waals surface area contributed by atoms with Crippen molar-refractivity contribution >= 4 is 45.5 Å². The summed E-state index contributed by atoms with van der Waals surface area (Å²) in [4.78, 5) is 22.2. The van der Waals surface area contributed by atoms with Crippen LogP contribution >= 0.6 is 0 Å². The van der Waals surface area contributed by atoms with Crippen molar-refractivity contribution in [1.29, 1.82) is 0 Å². The molecule has 0 aliphatic heterocycles. The second kappa shape index (κ2) is 8.63. The Morgan fingerprint density at radius 3 is 2.53 bits per heavy atom. The van der Waals surface area contributed by atoms with Gasteiger partial charge in [-0.15, -0.1) is 0 Å². The zero-order valence-corrected chi connectivity index (χ0v) is 20.6. The Morgan fingerprint density at radius 2 is 1.83 bits per heavy atom. The molecule has 3 aromatic heterocycles. The van der Waals surface area contributed by atoms with E-state index in [1.807, 2.05) is 30.3 Å². The lowest BCUT2D eigenvalue weighted by molar-refractivity contribution is 0.0544. The summed E-state index contributed by atoms with van der Waals surface area (Å²) in [7, 11) is 1.76. The van der Waals surface area contributed by atoms with E-state index >= 15 is 4.39 Å². The maximum absolute atomic E-state index is 15.0. The Morgan fingerprint density at radius 1 is 1.08 bits per heavy atom. The predicted molar refractivity (Wildman–Crippen MR) is 138 cm³/mol. The molecule has 0 saturated carbocycles. The van der Waals surface area contributed by atoms with E-state index in [4.69, 9.17) is 9.72 Å². The fraction of sp³-hybridized carbons (Fsp3) is 0.231. The zero-order chi connectivity index (χ0) is 25.6. The van der Waals surface area contributed by atoms with Gasteiger partial charge >= 0.3 is 6.09 Å². The number of para-hydroxylation sites is 1. The monoisotopic (exact) mass is 487 g/mol. The van der Waals surface area contributed by atoms with E-state index in [2.05, 4.69) is 20.7 Å². The molecule has 2 N–H and O–H groups in total. The van der Waals surface area contributed by atoms with Crippen LogP contribution in [0.1, 0.15) is 26.3 Å². The molecule has 0 fully saturated rings. The summed E-state index contributed by atoms with van der Waals surface area (Å²) in [6.45, 7) is 6.99. The van der Waals surface area contributed by atoms with Gasteiger partial charge < -0.3 is 15.4 Å². The van der Waals surface area contributed by atoms with Gasteiger partial charge in [0.05, 0.1) is 28.5 Å². The van der Waals surface area contributed by atoms with E-state index in [1.54, 1.807) is 57.8 Å². The van der Waals surface area contributed by atoms with Crippen LogP contribution in [-0.4, -0.2) is 43.1 Å². The van der Waals surface area contributed by atoms with Crippen LogP contribution in [0.15, 0.2) is 54.9 Å². The third-order valence-corrected chi connectivity index (χ3v) is 5.59. The van der Waals surface area contributed by atoms with Gasteiger partial charge in [0.15, 0.2) is 5.65 Å². The first-order valence-electron chi connectivity index (χ1n) is 11.5. The van der Waals surface area contributed by atoms with E-state index in [-0.39, 0.29) is 11.3 Å². The fourth-order valence-corrected chi connectivity index (χ4v) is 4.04. The SMILES string of the molecule is CNc1nc(Nc2cc(C)c(F)c3ccn(C(=O)OC(C)(C)C)c23)nc2c1cnn2-c1ccccc1. The highest BCUT2D eigenvalue weighted by atomic mass is 19.1. The Kier molecular flexibility index (Phi) is 5.58. The number of hydrogen-bond donors (Lipinski definition) is 2. The van der Waals surface area contributed by atoms with Crippen molar-refractivity contribution in [3.63, 3.8) is 0 Å². The molecule has 0 unspecified atom stereocenters. The minimum absolute atomic E-state index is 0.258. The predicted octanol–water partition coefficient (Wildman–Crippen LogP) is 5.79. The smallest absolute Gasteiger partial charge is 0.419 e. The Balaban J connectivity index is 1.65. The first-order chi connectivity index (χ1) is 17.2. The number of nitrogens with zero attached hydrogens (tertiary/aromatic N) is 5. The molecule has 5 rings (SSSR count). The van der Waals surface area contributed by atoms with Gasteiger partial charge in [0.25, 0.3) is 0 Å². The molecule has 0 aliphatic carbocycles. The number of carbonyl (C=O) groups is 1. The third kappa shape index (κ3) is 4.10. The summed E-state index contributed by atoms with van der Waals surface area (Å²) in [5, 5.41) is 11.8. The molecule has 9 nitrogen and oxygen atoms in total. The Hall–Kier alpha value is -4.47. The molecular weight excluding hydrogens is 461 g/mol. The number of aromatic nitrogens is 5. The molecule has 0 atom stereocenters. The lowest BCUT2D eigenvalue weighted by Crippen LogP contribution is -2.26. The summed E-state index contributed by atoms with van der Waals surface area (Å²) in [6.07, 6.45) is 2.59. The van der Waals surface area contributed by atoms with Gasteiger partial charge in [-0.05, 0) is 57.5 Å². The van der Waals surface area contributed by atoms with Gasteiger partial charge in [0, 0.05) is 18.6 Å². The van der Waals surface area contributed by atoms with Crippen LogP contribution in [0.3, 0.4) is 0 Å². The zero-order valence-electron chi connectivity index (χ0n) is 20.6. The number of aryl methyl sites for hydroxylation is 1.